The van der Waals surface area contributed by atoms with Gasteiger partial charge in [-0.15, -0.1) is 0 Å². The monoisotopic (exact) mass is 439 g/mol. The molecule has 3 rings (SSSR count). The zero-order chi connectivity index (χ0) is 22.0. The average molecular weight is 439 g/mol. The molecule has 13 heteroatoms. The van der Waals surface area contributed by atoms with E-state index >= 15 is 0 Å². The first-order valence-electron chi connectivity index (χ1n) is 9.67. The van der Waals surface area contributed by atoms with Crippen molar-refractivity contribution in [2.75, 3.05) is 26.4 Å². The topological polar surface area (TPSA) is 200 Å². The summed E-state index contributed by atoms with van der Waals surface area (Å²) in [5.41, 5.74) is 0. The molecule has 3 aliphatic heterocycles. The van der Waals surface area contributed by atoms with Crippen LogP contribution in [0.15, 0.2) is 0 Å². The van der Waals surface area contributed by atoms with Crippen molar-refractivity contribution in [1.82, 2.24) is 5.32 Å². The predicted molar refractivity (Wildman–Crippen MR) is 93.7 cm³/mol. The third kappa shape index (κ3) is 5.26. The molecule has 3 aliphatic rings. The number of amides is 1. The zero-order valence-electron chi connectivity index (χ0n) is 16.3. The van der Waals surface area contributed by atoms with Crippen molar-refractivity contribution in [2.45, 2.75) is 74.4 Å². The van der Waals surface area contributed by atoms with E-state index in [2.05, 4.69) is 5.32 Å². The molecule has 0 aromatic carbocycles. The van der Waals surface area contributed by atoms with Gasteiger partial charge in [0.15, 0.2) is 12.6 Å². The summed E-state index contributed by atoms with van der Waals surface area (Å²) >= 11 is 0. The Bertz CT molecular complexity index is 575. The van der Waals surface area contributed by atoms with Crippen molar-refractivity contribution < 1.29 is 59.1 Å². The predicted octanol–water partition coefficient (Wildman–Crippen LogP) is -4.83. The minimum absolute atomic E-state index is 0.112. The van der Waals surface area contributed by atoms with Crippen molar-refractivity contribution in [3.8, 4) is 0 Å². The number of aliphatic hydroxyl groups is 6. The van der Waals surface area contributed by atoms with Crippen LogP contribution < -0.4 is 5.32 Å². The van der Waals surface area contributed by atoms with Gasteiger partial charge in [-0.1, -0.05) is 0 Å². The first-order valence-corrected chi connectivity index (χ1v) is 9.67. The summed E-state index contributed by atoms with van der Waals surface area (Å²) in [5, 5.41) is 62.4. The quantitative estimate of drug-likeness (QED) is 0.178. The number of carbonyl (C=O) groups excluding carboxylic acids is 1. The van der Waals surface area contributed by atoms with Gasteiger partial charge in [-0.25, -0.2) is 0 Å². The highest BCUT2D eigenvalue weighted by Gasteiger charge is 2.51. The minimum Gasteiger partial charge on any atom is -0.394 e. The third-order valence-electron chi connectivity index (χ3n) is 5.21. The number of nitrogens with one attached hydrogen (secondary N) is 1. The van der Waals surface area contributed by atoms with Crippen molar-refractivity contribution in [2.24, 2.45) is 0 Å². The summed E-state index contributed by atoms with van der Waals surface area (Å²) in [4.78, 5) is 11.6. The average Bonchev–Trinajstić information content (AvgIpc) is 3.54. The lowest BCUT2D eigenvalue weighted by Crippen LogP contribution is -2.67. The highest BCUT2D eigenvalue weighted by atomic mass is 16.7. The molecule has 13 nitrogen and oxygen atoms in total. The summed E-state index contributed by atoms with van der Waals surface area (Å²) in [6, 6.07) is -1.08. The molecule has 1 amide bonds. The Kier molecular flexibility index (Phi) is 7.97. The second-order valence-electron chi connectivity index (χ2n) is 7.53. The van der Waals surface area contributed by atoms with E-state index in [1.807, 2.05) is 0 Å². The molecular weight excluding hydrogens is 410 g/mol. The Morgan fingerprint density at radius 2 is 1.60 bits per heavy atom. The Morgan fingerprint density at radius 3 is 2.17 bits per heavy atom. The van der Waals surface area contributed by atoms with Crippen LogP contribution in [-0.4, -0.2) is 130 Å². The number of epoxide rings is 1. The van der Waals surface area contributed by atoms with Gasteiger partial charge < -0.3 is 59.6 Å². The van der Waals surface area contributed by atoms with Gasteiger partial charge in [-0.3, -0.25) is 4.79 Å². The Morgan fingerprint density at radius 1 is 0.967 bits per heavy atom. The van der Waals surface area contributed by atoms with Crippen LogP contribution in [0.3, 0.4) is 0 Å². The summed E-state index contributed by atoms with van der Waals surface area (Å²) < 4.78 is 27.2. The van der Waals surface area contributed by atoms with Gasteiger partial charge in [0.2, 0.25) is 5.91 Å². The molecule has 0 saturated carbocycles. The van der Waals surface area contributed by atoms with Crippen LogP contribution in [0.1, 0.15) is 6.92 Å². The lowest BCUT2D eigenvalue weighted by atomic mass is 9.95. The second-order valence-corrected chi connectivity index (χ2v) is 7.53. The van der Waals surface area contributed by atoms with Crippen LogP contribution in [-0.2, 0) is 28.5 Å². The van der Waals surface area contributed by atoms with E-state index < -0.39 is 80.5 Å². The maximum Gasteiger partial charge on any atom is 0.217 e. The number of hydrogen-bond acceptors (Lipinski definition) is 12. The molecule has 3 heterocycles. The van der Waals surface area contributed by atoms with Crippen LogP contribution in [0, 0.1) is 0 Å². The standard InChI is InChI=1S/C17H29NO12/c1-6(21)18-10-12(23)15(9(3-20)29-16(10)27-5-7-4-26-7)30-17-14(25)13(24)11(22)8(2-19)28-17/h7-17,19-20,22-25H,2-5H2,1H3,(H,18,21). The van der Waals surface area contributed by atoms with Crippen LogP contribution in [0.5, 0.6) is 0 Å². The van der Waals surface area contributed by atoms with Gasteiger partial charge in [0.05, 0.1) is 26.4 Å². The van der Waals surface area contributed by atoms with Crippen molar-refractivity contribution in [3.05, 3.63) is 0 Å². The van der Waals surface area contributed by atoms with Gasteiger partial charge in [-0.2, -0.15) is 0 Å². The Labute approximate surface area is 172 Å². The second kappa shape index (κ2) is 10.1. The molecule has 30 heavy (non-hydrogen) atoms. The Hall–Kier alpha value is -0.970. The number of rotatable bonds is 8. The summed E-state index contributed by atoms with van der Waals surface area (Å²) in [6.07, 6.45) is -12.9. The van der Waals surface area contributed by atoms with E-state index in [-0.39, 0.29) is 12.7 Å². The minimum atomic E-state index is -1.71. The molecule has 11 unspecified atom stereocenters. The van der Waals surface area contributed by atoms with Gasteiger partial charge in [0.25, 0.3) is 0 Å². The van der Waals surface area contributed by atoms with E-state index in [1.54, 1.807) is 0 Å². The summed E-state index contributed by atoms with van der Waals surface area (Å²) in [5.74, 6) is -0.479. The maximum atomic E-state index is 11.6. The maximum absolute atomic E-state index is 11.6. The van der Waals surface area contributed by atoms with Gasteiger partial charge in [0, 0.05) is 6.92 Å². The molecule has 3 saturated heterocycles. The van der Waals surface area contributed by atoms with E-state index in [0.29, 0.717) is 6.61 Å². The number of carbonyl (C=O) groups is 1. The lowest BCUT2D eigenvalue weighted by molar-refractivity contribution is -0.348. The molecule has 11 atom stereocenters. The van der Waals surface area contributed by atoms with E-state index in [4.69, 9.17) is 23.7 Å². The molecule has 7 N–H and O–H groups in total. The number of hydrogen-bond donors (Lipinski definition) is 7. The first-order chi connectivity index (χ1) is 14.3. The third-order valence-corrected chi connectivity index (χ3v) is 5.21. The van der Waals surface area contributed by atoms with Crippen molar-refractivity contribution in [1.29, 1.82) is 0 Å². The van der Waals surface area contributed by atoms with Gasteiger partial charge in [-0.05, 0) is 0 Å². The number of aliphatic hydroxyl groups excluding tert-OH is 6. The zero-order valence-corrected chi connectivity index (χ0v) is 16.3. The molecule has 0 aromatic rings. The highest BCUT2D eigenvalue weighted by molar-refractivity contribution is 5.73. The van der Waals surface area contributed by atoms with E-state index in [1.165, 1.54) is 6.92 Å². The fraction of sp³-hybridized carbons (Fsp3) is 0.941. The first kappa shape index (κ1) is 23.7. The van der Waals surface area contributed by atoms with Crippen LogP contribution in [0.4, 0.5) is 0 Å². The van der Waals surface area contributed by atoms with Gasteiger partial charge in [0.1, 0.15) is 54.9 Å². The lowest BCUT2D eigenvalue weighted by Gasteiger charge is -2.47. The van der Waals surface area contributed by atoms with E-state index in [0.717, 1.165) is 0 Å². The van der Waals surface area contributed by atoms with Crippen molar-refractivity contribution >= 4 is 5.91 Å². The number of ether oxygens (including phenoxy) is 5. The van der Waals surface area contributed by atoms with Gasteiger partial charge >= 0.3 is 0 Å². The molecule has 0 spiro atoms. The smallest absolute Gasteiger partial charge is 0.217 e. The van der Waals surface area contributed by atoms with Crippen LogP contribution in [0.25, 0.3) is 0 Å². The fourth-order valence-electron chi connectivity index (χ4n) is 3.47. The molecule has 0 aliphatic carbocycles. The van der Waals surface area contributed by atoms with Crippen molar-refractivity contribution in [3.63, 3.8) is 0 Å². The Balaban J connectivity index is 1.74. The van der Waals surface area contributed by atoms with Crippen LogP contribution >= 0.6 is 0 Å². The molecular formula is C17H29NO12. The molecule has 0 aromatic heterocycles. The molecule has 0 radical (unpaired) electrons. The summed E-state index contributed by atoms with van der Waals surface area (Å²) in [6.45, 7) is 0.646. The highest BCUT2D eigenvalue weighted by Crippen LogP contribution is 2.30. The molecule has 3 fully saturated rings. The molecule has 0 bridgehead atoms. The normalized spacial score (nSPS) is 46.4. The fourth-order valence-corrected chi connectivity index (χ4v) is 3.47. The summed E-state index contributed by atoms with van der Waals surface area (Å²) in [7, 11) is 0. The SMILES string of the molecule is CC(=O)NC1C(OCC2CO2)OC(CO)C(OC2OC(CO)C(O)C(O)C2O)C1O. The molecule has 174 valence electrons. The van der Waals surface area contributed by atoms with Crippen LogP contribution in [0.2, 0.25) is 0 Å². The largest absolute Gasteiger partial charge is 0.394 e. The van der Waals surface area contributed by atoms with E-state index in [9.17, 15) is 35.4 Å².